The Bertz CT molecular complexity index is 468. The van der Waals surface area contributed by atoms with E-state index in [4.69, 9.17) is 4.74 Å². The maximum absolute atomic E-state index is 13.5. The molecule has 0 saturated carbocycles. The van der Waals surface area contributed by atoms with Gasteiger partial charge in [-0.2, -0.15) is 0 Å². The van der Waals surface area contributed by atoms with Crippen LogP contribution in [0.3, 0.4) is 0 Å². The van der Waals surface area contributed by atoms with Crippen molar-refractivity contribution < 1.29 is 9.13 Å². The molecule has 4 heteroatoms. The van der Waals surface area contributed by atoms with Gasteiger partial charge < -0.3 is 15.0 Å². The van der Waals surface area contributed by atoms with Gasteiger partial charge in [0.05, 0.1) is 13.2 Å². The first-order valence-corrected chi connectivity index (χ1v) is 5.58. The van der Waals surface area contributed by atoms with Gasteiger partial charge in [0.1, 0.15) is 0 Å². The third-order valence-electron chi connectivity index (χ3n) is 2.38. The lowest BCUT2D eigenvalue weighted by molar-refractivity contribution is 0.321. The van der Waals surface area contributed by atoms with Crippen LogP contribution in [0, 0.1) is 5.82 Å². The molecule has 2 aromatic rings. The van der Waals surface area contributed by atoms with Gasteiger partial charge in [0.15, 0.2) is 11.6 Å². The molecular formula is C13H15FN2O. The minimum absolute atomic E-state index is 0.290. The van der Waals surface area contributed by atoms with Gasteiger partial charge in [0.2, 0.25) is 0 Å². The quantitative estimate of drug-likeness (QED) is 0.833. The maximum atomic E-state index is 13.5. The van der Waals surface area contributed by atoms with Gasteiger partial charge in [0.25, 0.3) is 0 Å². The van der Waals surface area contributed by atoms with E-state index in [0.29, 0.717) is 13.2 Å². The third-order valence-corrected chi connectivity index (χ3v) is 2.38. The van der Waals surface area contributed by atoms with Crippen molar-refractivity contribution in [3.05, 3.63) is 48.0 Å². The Morgan fingerprint density at radius 1 is 1.35 bits per heavy atom. The van der Waals surface area contributed by atoms with Gasteiger partial charge in [-0.1, -0.05) is 0 Å². The molecule has 0 atom stereocenters. The van der Waals surface area contributed by atoms with Crippen LogP contribution in [0.25, 0.3) is 0 Å². The summed E-state index contributed by atoms with van der Waals surface area (Å²) in [6.07, 6.45) is 1.86. The lowest BCUT2D eigenvalue weighted by Gasteiger charge is -2.08. The highest BCUT2D eigenvalue weighted by Crippen LogP contribution is 2.21. The van der Waals surface area contributed by atoms with E-state index in [1.165, 1.54) is 6.07 Å². The molecule has 0 unspecified atom stereocenters. The van der Waals surface area contributed by atoms with Crippen molar-refractivity contribution in [2.75, 3.05) is 11.9 Å². The summed E-state index contributed by atoms with van der Waals surface area (Å²) in [5, 5.41) is 3.13. The Balaban J connectivity index is 2.00. The summed E-state index contributed by atoms with van der Waals surface area (Å²) in [5.74, 6) is -0.0544. The van der Waals surface area contributed by atoms with Crippen LogP contribution in [-0.2, 0) is 6.54 Å². The molecule has 17 heavy (non-hydrogen) atoms. The maximum Gasteiger partial charge on any atom is 0.167 e. The number of H-pyrrole nitrogens is 1. The Labute approximate surface area is 99.6 Å². The van der Waals surface area contributed by atoms with Crippen LogP contribution < -0.4 is 10.1 Å². The van der Waals surface area contributed by atoms with Crippen molar-refractivity contribution in [1.82, 2.24) is 4.98 Å². The molecule has 0 bridgehead atoms. The van der Waals surface area contributed by atoms with Crippen LogP contribution in [0.1, 0.15) is 12.6 Å². The molecule has 0 aliphatic rings. The number of hydrogen-bond donors (Lipinski definition) is 2. The minimum Gasteiger partial charge on any atom is -0.491 e. The zero-order valence-corrected chi connectivity index (χ0v) is 9.66. The molecule has 0 amide bonds. The molecule has 2 rings (SSSR count). The highest BCUT2D eigenvalue weighted by Gasteiger charge is 2.03. The number of benzene rings is 1. The molecule has 1 aromatic heterocycles. The smallest absolute Gasteiger partial charge is 0.167 e. The second-order valence-corrected chi connectivity index (χ2v) is 3.63. The van der Waals surface area contributed by atoms with Crippen molar-refractivity contribution in [2.24, 2.45) is 0 Å². The lowest BCUT2D eigenvalue weighted by atomic mass is 10.3. The van der Waals surface area contributed by atoms with Gasteiger partial charge in [-0.15, -0.1) is 0 Å². The normalized spacial score (nSPS) is 10.2. The molecule has 0 radical (unpaired) electrons. The molecule has 0 spiro atoms. The van der Waals surface area contributed by atoms with E-state index in [9.17, 15) is 4.39 Å². The number of nitrogens with one attached hydrogen (secondary N) is 2. The lowest BCUT2D eigenvalue weighted by Crippen LogP contribution is -2.01. The number of aromatic nitrogens is 1. The van der Waals surface area contributed by atoms with Gasteiger partial charge in [-0.05, 0) is 31.2 Å². The summed E-state index contributed by atoms with van der Waals surface area (Å²) in [6.45, 7) is 2.93. The van der Waals surface area contributed by atoms with Crippen LogP contribution >= 0.6 is 0 Å². The second kappa shape index (κ2) is 5.39. The zero-order valence-electron chi connectivity index (χ0n) is 9.66. The molecule has 1 aromatic carbocycles. The SMILES string of the molecule is CCOc1ccc(NCc2ccc[nH]2)cc1F. The molecule has 90 valence electrons. The van der Waals surface area contributed by atoms with Crippen molar-refractivity contribution in [2.45, 2.75) is 13.5 Å². The fourth-order valence-electron chi connectivity index (χ4n) is 1.56. The predicted molar refractivity (Wildman–Crippen MR) is 65.7 cm³/mol. The molecule has 0 aliphatic heterocycles. The van der Waals surface area contributed by atoms with E-state index in [1.54, 1.807) is 12.1 Å². The highest BCUT2D eigenvalue weighted by molar-refractivity contribution is 5.47. The average Bonchev–Trinajstić information content (AvgIpc) is 2.83. The summed E-state index contributed by atoms with van der Waals surface area (Å²) in [7, 11) is 0. The van der Waals surface area contributed by atoms with E-state index in [0.717, 1.165) is 11.4 Å². The Morgan fingerprint density at radius 3 is 2.88 bits per heavy atom. The van der Waals surface area contributed by atoms with E-state index in [-0.39, 0.29) is 11.6 Å². The molecule has 3 nitrogen and oxygen atoms in total. The largest absolute Gasteiger partial charge is 0.491 e. The third kappa shape index (κ3) is 3.00. The number of ether oxygens (including phenoxy) is 1. The van der Waals surface area contributed by atoms with Crippen molar-refractivity contribution in [3.63, 3.8) is 0 Å². The van der Waals surface area contributed by atoms with Gasteiger partial charge in [-0.3, -0.25) is 0 Å². The van der Waals surface area contributed by atoms with Crippen LogP contribution in [0.2, 0.25) is 0 Å². The Hall–Kier alpha value is -1.97. The van der Waals surface area contributed by atoms with E-state index in [2.05, 4.69) is 10.3 Å². The van der Waals surface area contributed by atoms with Crippen molar-refractivity contribution in [1.29, 1.82) is 0 Å². The summed E-state index contributed by atoms with van der Waals surface area (Å²) >= 11 is 0. The second-order valence-electron chi connectivity index (χ2n) is 3.63. The summed E-state index contributed by atoms with van der Waals surface area (Å²) < 4.78 is 18.7. The monoisotopic (exact) mass is 234 g/mol. The number of hydrogen-bond acceptors (Lipinski definition) is 2. The first kappa shape index (κ1) is 11.5. The first-order chi connectivity index (χ1) is 8.29. The van der Waals surface area contributed by atoms with Crippen molar-refractivity contribution >= 4 is 5.69 Å². The summed E-state index contributed by atoms with van der Waals surface area (Å²) in [4.78, 5) is 3.07. The number of anilines is 1. The summed E-state index contributed by atoms with van der Waals surface area (Å²) in [5.41, 5.74) is 1.79. The highest BCUT2D eigenvalue weighted by atomic mass is 19.1. The van der Waals surface area contributed by atoms with Crippen LogP contribution in [0.15, 0.2) is 36.5 Å². The number of rotatable bonds is 5. The zero-order chi connectivity index (χ0) is 12.1. The minimum atomic E-state index is -0.344. The van der Waals surface area contributed by atoms with Gasteiger partial charge >= 0.3 is 0 Å². The standard InChI is InChI=1S/C13H15FN2O/c1-2-17-13-6-5-10(8-12(13)14)16-9-11-4-3-7-15-11/h3-8,15-16H,2,9H2,1H3. The fourth-order valence-corrected chi connectivity index (χ4v) is 1.56. The molecule has 0 saturated heterocycles. The van der Waals surface area contributed by atoms with Crippen LogP contribution in [-0.4, -0.2) is 11.6 Å². The molecule has 0 aliphatic carbocycles. The molecule has 2 N–H and O–H groups in total. The molecule has 1 heterocycles. The van der Waals surface area contributed by atoms with Crippen LogP contribution in [0.4, 0.5) is 10.1 Å². The number of halogens is 1. The molecule has 0 fully saturated rings. The van der Waals surface area contributed by atoms with Gasteiger partial charge in [-0.25, -0.2) is 4.39 Å². The van der Waals surface area contributed by atoms with Crippen LogP contribution in [0.5, 0.6) is 5.75 Å². The van der Waals surface area contributed by atoms with Gasteiger partial charge in [0, 0.05) is 23.6 Å². The van der Waals surface area contributed by atoms with E-state index in [1.807, 2.05) is 25.3 Å². The van der Waals surface area contributed by atoms with E-state index >= 15 is 0 Å². The number of aromatic amines is 1. The van der Waals surface area contributed by atoms with E-state index < -0.39 is 0 Å². The topological polar surface area (TPSA) is 37.0 Å². The first-order valence-electron chi connectivity index (χ1n) is 5.58. The Kier molecular flexibility index (Phi) is 3.65. The Morgan fingerprint density at radius 2 is 2.24 bits per heavy atom. The fraction of sp³-hybridized carbons (Fsp3) is 0.231. The summed E-state index contributed by atoms with van der Waals surface area (Å²) in [6, 6.07) is 8.77. The predicted octanol–water partition coefficient (Wildman–Crippen LogP) is 3.16. The average molecular weight is 234 g/mol. The van der Waals surface area contributed by atoms with Crippen molar-refractivity contribution in [3.8, 4) is 5.75 Å². The molecular weight excluding hydrogens is 219 g/mol.